The predicted octanol–water partition coefficient (Wildman–Crippen LogP) is 0.888. The fourth-order valence-corrected chi connectivity index (χ4v) is 1.15. The normalized spacial score (nSPS) is 14.8. The molecule has 0 bridgehead atoms. The van der Waals surface area contributed by atoms with E-state index < -0.39 is 0 Å². The number of carbonyl (C=O) groups is 1. The van der Waals surface area contributed by atoms with Gasteiger partial charge in [-0.05, 0) is 19.4 Å². The first-order valence-electron chi connectivity index (χ1n) is 4.93. The summed E-state index contributed by atoms with van der Waals surface area (Å²) in [6.45, 7) is 3.67. The summed E-state index contributed by atoms with van der Waals surface area (Å²) in [6, 6.07) is 0. The van der Waals surface area contributed by atoms with Crippen molar-refractivity contribution in [1.29, 1.82) is 0 Å². The summed E-state index contributed by atoms with van der Waals surface area (Å²) in [5.41, 5.74) is 0. The Bertz CT molecular complexity index is 247. The summed E-state index contributed by atoms with van der Waals surface area (Å²) in [5, 5.41) is 3.07. The van der Waals surface area contributed by atoms with E-state index in [-0.39, 0.29) is 5.97 Å². The molecule has 0 atom stereocenters. The van der Waals surface area contributed by atoms with E-state index in [1.165, 1.54) is 0 Å². The van der Waals surface area contributed by atoms with E-state index in [2.05, 4.69) is 16.4 Å². The first-order chi connectivity index (χ1) is 6.83. The van der Waals surface area contributed by atoms with Gasteiger partial charge in [0.15, 0.2) is 0 Å². The van der Waals surface area contributed by atoms with Crippen LogP contribution in [0, 0.1) is 0 Å². The van der Waals surface area contributed by atoms with Crippen LogP contribution in [0.3, 0.4) is 0 Å². The lowest BCUT2D eigenvalue weighted by Crippen LogP contribution is -2.26. The SMILES string of the molecule is CCOC(=O)CCNC1=NCCC=C1. The minimum Gasteiger partial charge on any atom is -0.466 e. The van der Waals surface area contributed by atoms with Crippen molar-refractivity contribution in [3.63, 3.8) is 0 Å². The first kappa shape index (κ1) is 10.8. The molecule has 0 unspecified atom stereocenters. The monoisotopic (exact) mass is 196 g/mol. The highest BCUT2D eigenvalue weighted by atomic mass is 16.5. The highest BCUT2D eigenvalue weighted by Crippen LogP contribution is 1.94. The van der Waals surface area contributed by atoms with Crippen LogP contribution in [0.2, 0.25) is 0 Å². The molecule has 0 saturated heterocycles. The highest BCUT2D eigenvalue weighted by molar-refractivity contribution is 5.93. The molecule has 0 amide bonds. The molecular weight excluding hydrogens is 180 g/mol. The number of hydrogen-bond donors (Lipinski definition) is 1. The van der Waals surface area contributed by atoms with E-state index >= 15 is 0 Å². The molecule has 4 heteroatoms. The van der Waals surface area contributed by atoms with Gasteiger partial charge in [-0.1, -0.05) is 6.08 Å². The van der Waals surface area contributed by atoms with Gasteiger partial charge in [0.1, 0.15) is 5.84 Å². The van der Waals surface area contributed by atoms with Gasteiger partial charge in [0.2, 0.25) is 0 Å². The van der Waals surface area contributed by atoms with Gasteiger partial charge >= 0.3 is 5.97 Å². The second kappa shape index (κ2) is 6.18. The molecule has 0 saturated carbocycles. The highest BCUT2D eigenvalue weighted by Gasteiger charge is 2.02. The van der Waals surface area contributed by atoms with Gasteiger partial charge in [-0.25, -0.2) is 0 Å². The predicted molar refractivity (Wildman–Crippen MR) is 55.3 cm³/mol. The molecule has 0 aromatic carbocycles. The number of carbonyl (C=O) groups excluding carboxylic acids is 1. The fourth-order valence-electron chi connectivity index (χ4n) is 1.15. The van der Waals surface area contributed by atoms with Gasteiger partial charge in [0, 0.05) is 13.1 Å². The first-order valence-corrected chi connectivity index (χ1v) is 4.93. The second-order valence-electron chi connectivity index (χ2n) is 2.94. The number of nitrogens with zero attached hydrogens (tertiary/aromatic N) is 1. The zero-order valence-electron chi connectivity index (χ0n) is 8.45. The third-order valence-electron chi connectivity index (χ3n) is 1.79. The number of amidine groups is 1. The Balaban J connectivity index is 2.11. The van der Waals surface area contributed by atoms with E-state index in [4.69, 9.17) is 4.74 Å². The van der Waals surface area contributed by atoms with Crippen LogP contribution in [0.5, 0.6) is 0 Å². The van der Waals surface area contributed by atoms with Gasteiger partial charge in [0.25, 0.3) is 0 Å². The zero-order valence-corrected chi connectivity index (χ0v) is 8.45. The minimum atomic E-state index is -0.166. The van der Waals surface area contributed by atoms with Gasteiger partial charge in [-0.2, -0.15) is 0 Å². The number of dihydropyridines is 1. The van der Waals surface area contributed by atoms with Crippen molar-refractivity contribution in [2.45, 2.75) is 19.8 Å². The molecule has 1 N–H and O–H groups in total. The average Bonchev–Trinajstić information content (AvgIpc) is 2.20. The molecular formula is C10H16N2O2. The van der Waals surface area contributed by atoms with Crippen molar-refractivity contribution in [1.82, 2.24) is 5.32 Å². The molecule has 0 aromatic heterocycles. The topological polar surface area (TPSA) is 50.7 Å². The van der Waals surface area contributed by atoms with Crippen molar-refractivity contribution in [3.8, 4) is 0 Å². The molecule has 1 aliphatic heterocycles. The third kappa shape index (κ3) is 4.07. The van der Waals surface area contributed by atoms with Gasteiger partial charge in [0.05, 0.1) is 13.0 Å². The Morgan fingerprint density at radius 1 is 1.71 bits per heavy atom. The summed E-state index contributed by atoms with van der Waals surface area (Å²) < 4.78 is 4.79. The molecule has 0 aliphatic carbocycles. The molecule has 0 radical (unpaired) electrons. The van der Waals surface area contributed by atoms with E-state index in [1.807, 2.05) is 6.08 Å². The van der Waals surface area contributed by atoms with Crippen LogP contribution >= 0.6 is 0 Å². The number of esters is 1. The van der Waals surface area contributed by atoms with E-state index in [1.54, 1.807) is 6.92 Å². The number of ether oxygens (including phenoxy) is 1. The largest absolute Gasteiger partial charge is 0.466 e. The third-order valence-corrected chi connectivity index (χ3v) is 1.79. The van der Waals surface area contributed by atoms with Crippen LogP contribution in [-0.4, -0.2) is 31.5 Å². The number of rotatable bonds is 4. The summed E-state index contributed by atoms with van der Waals surface area (Å²) in [6.07, 6.45) is 5.40. The molecule has 1 heterocycles. The van der Waals surface area contributed by atoms with Crippen molar-refractivity contribution in [2.24, 2.45) is 4.99 Å². The van der Waals surface area contributed by atoms with Crippen LogP contribution in [0.15, 0.2) is 17.1 Å². The van der Waals surface area contributed by atoms with Crippen LogP contribution in [-0.2, 0) is 9.53 Å². The van der Waals surface area contributed by atoms with E-state index in [0.29, 0.717) is 19.6 Å². The Kier molecular flexibility index (Phi) is 4.75. The molecule has 1 aliphatic rings. The van der Waals surface area contributed by atoms with Gasteiger partial charge in [-0.3, -0.25) is 9.79 Å². The maximum absolute atomic E-state index is 11.0. The van der Waals surface area contributed by atoms with Crippen molar-refractivity contribution in [3.05, 3.63) is 12.2 Å². The van der Waals surface area contributed by atoms with Crippen LogP contribution in [0.25, 0.3) is 0 Å². The Labute approximate surface area is 84.0 Å². The average molecular weight is 196 g/mol. The lowest BCUT2D eigenvalue weighted by Gasteiger charge is -2.08. The maximum atomic E-state index is 11.0. The van der Waals surface area contributed by atoms with E-state index in [9.17, 15) is 4.79 Å². The number of nitrogens with one attached hydrogen (secondary N) is 1. The van der Waals surface area contributed by atoms with Crippen molar-refractivity contribution >= 4 is 11.8 Å². The molecule has 4 nitrogen and oxygen atoms in total. The number of hydrogen-bond acceptors (Lipinski definition) is 4. The lowest BCUT2D eigenvalue weighted by molar-refractivity contribution is -0.142. The summed E-state index contributed by atoms with van der Waals surface area (Å²) in [5.74, 6) is 0.695. The standard InChI is InChI=1S/C10H16N2O2/c1-2-14-10(13)6-8-12-9-5-3-4-7-11-9/h3,5H,2,4,6-8H2,1H3,(H,11,12). The minimum absolute atomic E-state index is 0.166. The lowest BCUT2D eigenvalue weighted by atomic mass is 10.3. The molecule has 0 spiro atoms. The summed E-state index contributed by atoms with van der Waals surface area (Å²) in [4.78, 5) is 15.2. The maximum Gasteiger partial charge on any atom is 0.307 e. The van der Waals surface area contributed by atoms with Crippen LogP contribution in [0.4, 0.5) is 0 Å². The molecule has 0 fully saturated rings. The van der Waals surface area contributed by atoms with Gasteiger partial charge in [-0.15, -0.1) is 0 Å². The van der Waals surface area contributed by atoms with Crippen LogP contribution in [0.1, 0.15) is 19.8 Å². The summed E-state index contributed by atoms with van der Waals surface area (Å²) >= 11 is 0. The summed E-state index contributed by atoms with van der Waals surface area (Å²) in [7, 11) is 0. The van der Waals surface area contributed by atoms with Gasteiger partial charge < -0.3 is 10.1 Å². The Morgan fingerprint density at radius 3 is 3.21 bits per heavy atom. The zero-order chi connectivity index (χ0) is 10.2. The molecule has 0 aromatic rings. The van der Waals surface area contributed by atoms with E-state index in [0.717, 1.165) is 18.8 Å². The van der Waals surface area contributed by atoms with Crippen LogP contribution < -0.4 is 5.32 Å². The fraction of sp³-hybridized carbons (Fsp3) is 0.600. The molecule has 78 valence electrons. The smallest absolute Gasteiger partial charge is 0.307 e. The Morgan fingerprint density at radius 2 is 2.57 bits per heavy atom. The number of aliphatic imine (C=N–C) groups is 1. The van der Waals surface area contributed by atoms with Crippen molar-refractivity contribution in [2.75, 3.05) is 19.7 Å². The molecule has 1 rings (SSSR count). The second-order valence-corrected chi connectivity index (χ2v) is 2.94. The molecule has 14 heavy (non-hydrogen) atoms. The Hall–Kier alpha value is -1.32. The quantitative estimate of drug-likeness (QED) is 0.679. The van der Waals surface area contributed by atoms with Crippen molar-refractivity contribution < 1.29 is 9.53 Å².